The van der Waals surface area contributed by atoms with Crippen molar-refractivity contribution >= 4 is 17.8 Å². The fourth-order valence-electron chi connectivity index (χ4n) is 2.63. The number of carboxylic acids is 1. The highest BCUT2D eigenvalue weighted by Gasteiger charge is 2.44. The molecule has 0 aliphatic carbocycles. The van der Waals surface area contributed by atoms with Gasteiger partial charge < -0.3 is 51.1 Å². The SMILES string of the molecule is O=C(O)CCC(=O)N[C@](CO)(CCO)C(=O)NC[C@@H]1O[C@@H](O)[C@@H](O)[C@H](O)[C@@H]1O. The number of amides is 2. The smallest absolute Gasteiger partial charge is 0.303 e. The van der Waals surface area contributed by atoms with Gasteiger partial charge in [-0.05, 0) is 0 Å². The van der Waals surface area contributed by atoms with Crippen LogP contribution in [-0.2, 0) is 19.1 Å². The fraction of sp³-hybridized carbons (Fsp3) is 0.800. The van der Waals surface area contributed by atoms with Crippen LogP contribution in [0.4, 0.5) is 0 Å². The summed E-state index contributed by atoms with van der Waals surface area (Å²) in [6.45, 7) is -1.99. The number of ether oxygens (including phenoxy) is 1. The van der Waals surface area contributed by atoms with Gasteiger partial charge in [0.1, 0.15) is 30.0 Å². The van der Waals surface area contributed by atoms with Crippen LogP contribution in [0.3, 0.4) is 0 Å². The van der Waals surface area contributed by atoms with Gasteiger partial charge in [-0.1, -0.05) is 0 Å². The number of hydrogen-bond donors (Lipinski definition) is 9. The average Bonchev–Trinajstić information content (AvgIpc) is 2.65. The Balaban J connectivity index is 2.78. The number of carbonyl (C=O) groups is 3. The van der Waals surface area contributed by atoms with Gasteiger partial charge >= 0.3 is 5.97 Å². The Kier molecular flexibility index (Phi) is 9.16. The molecule has 13 heteroatoms. The topological polar surface area (TPSA) is 226 Å². The van der Waals surface area contributed by atoms with E-state index in [0.29, 0.717) is 0 Å². The Bertz CT molecular complexity index is 560. The number of carbonyl (C=O) groups excluding carboxylic acids is 2. The number of carboxylic acid groups (broad SMARTS) is 1. The minimum absolute atomic E-state index is 0.397. The summed E-state index contributed by atoms with van der Waals surface area (Å²) in [6.07, 6.45) is -9.62. The van der Waals surface area contributed by atoms with E-state index in [1.165, 1.54) is 0 Å². The summed E-state index contributed by atoms with van der Waals surface area (Å²) in [6, 6.07) is 0. The first-order valence-corrected chi connectivity index (χ1v) is 8.48. The average molecular weight is 410 g/mol. The maximum atomic E-state index is 12.5. The van der Waals surface area contributed by atoms with Crippen LogP contribution in [0, 0.1) is 0 Å². The van der Waals surface area contributed by atoms with Crippen molar-refractivity contribution in [2.45, 2.75) is 55.5 Å². The minimum Gasteiger partial charge on any atom is -0.481 e. The van der Waals surface area contributed by atoms with Crippen molar-refractivity contribution in [3.63, 3.8) is 0 Å². The lowest BCUT2D eigenvalue weighted by molar-refractivity contribution is -0.280. The van der Waals surface area contributed by atoms with Crippen molar-refractivity contribution in [3.8, 4) is 0 Å². The molecule has 0 aromatic rings. The largest absolute Gasteiger partial charge is 0.481 e. The van der Waals surface area contributed by atoms with Gasteiger partial charge in [0.15, 0.2) is 6.29 Å². The van der Waals surface area contributed by atoms with Crippen LogP contribution in [-0.4, -0.2) is 110 Å². The Morgan fingerprint density at radius 1 is 0.964 bits per heavy atom. The highest BCUT2D eigenvalue weighted by atomic mass is 16.6. The zero-order chi connectivity index (χ0) is 21.5. The van der Waals surface area contributed by atoms with Crippen LogP contribution in [0.5, 0.6) is 0 Å². The third-order valence-electron chi connectivity index (χ3n) is 4.34. The molecule has 162 valence electrons. The van der Waals surface area contributed by atoms with Gasteiger partial charge in [0.05, 0.1) is 13.0 Å². The van der Waals surface area contributed by atoms with Crippen molar-refractivity contribution in [2.75, 3.05) is 19.8 Å². The van der Waals surface area contributed by atoms with Crippen molar-refractivity contribution in [1.82, 2.24) is 10.6 Å². The van der Waals surface area contributed by atoms with Gasteiger partial charge in [-0.15, -0.1) is 0 Å². The highest BCUT2D eigenvalue weighted by Crippen LogP contribution is 2.20. The molecule has 1 rings (SSSR count). The predicted molar refractivity (Wildman–Crippen MR) is 88.4 cm³/mol. The molecule has 1 saturated heterocycles. The van der Waals surface area contributed by atoms with Gasteiger partial charge in [-0.2, -0.15) is 0 Å². The first-order chi connectivity index (χ1) is 13.1. The van der Waals surface area contributed by atoms with Crippen molar-refractivity contribution in [2.24, 2.45) is 0 Å². The normalized spacial score (nSPS) is 29.6. The third kappa shape index (κ3) is 6.07. The molecule has 0 aromatic heterocycles. The van der Waals surface area contributed by atoms with Crippen molar-refractivity contribution in [1.29, 1.82) is 0 Å². The number of aliphatic carboxylic acids is 1. The lowest BCUT2D eigenvalue weighted by atomic mass is 9.94. The zero-order valence-electron chi connectivity index (χ0n) is 14.9. The highest BCUT2D eigenvalue weighted by molar-refractivity contribution is 5.92. The summed E-state index contributed by atoms with van der Waals surface area (Å²) >= 11 is 0. The molecule has 28 heavy (non-hydrogen) atoms. The van der Waals surface area contributed by atoms with Crippen molar-refractivity contribution in [3.05, 3.63) is 0 Å². The Morgan fingerprint density at radius 2 is 1.61 bits per heavy atom. The van der Waals surface area contributed by atoms with E-state index in [9.17, 15) is 45.0 Å². The van der Waals surface area contributed by atoms with Crippen LogP contribution in [0.2, 0.25) is 0 Å². The molecule has 6 atom stereocenters. The molecule has 13 nitrogen and oxygen atoms in total. The van der Waals surface area contributed by atoms with Gasteiger partial charge in [-0.25, -0.2) is 0 Å². The number of rotatable bonds is 10. The van der Waals surface area contributed by atoms with Gasteiger partial charge in [0.25, 0.3) is 0 Å². The lowest BCUT2D eigenvalue weighted by Gasteiger charge is -2.39. The fourth-order valence-corrected chi connectivity index (χ4v) is 2.63. The maximum absolute atomic E-state index is 12.5. The number of hydrogen-bond acceptors (Lipinski definition) is 10. The van der Waals surface area contributed by atoms with E-state index in [1.807, 2.05) is 0 Å². The molecular formula is C15H26N2O11. The van der Waals surface area contributed by atoms with E-state index >= 15 is 0 Å². The molecule has 1 fully saturated rings. The zero-order valence-corrected chi connectivity index (χ0v) is 14.9. The second-order valence-electron chi connectivity index (χ2n) is 6.40. The predicted octanol–water partition coefficient (Wildman–Crippen LogP) is -5.00. The molecule has 2 amide bonds. The van der Waals surface area contributed by atoms with Crippen LogP contribution in [0.25, 0.3) is 0 Å². The van der Waals surface area contributed by atoms with Crippen molar-refractivity contribution < 1.29 is 54.9 Å². The van der Waals surface area contributed by atoms with Crippen LogP contribution in [0.15, 0.2) is 0 Å². The summed E-state index contributed by atoms with van der Waals surface area (Å²) in [7, 11) is 0. The molecule has 0 radical (unpaired) electrons. The molecule has 0 bridgehead atoms. The molecule has 0 unspecified atom stereocenters. The quantitative estimate of drug-likeness (QED) is 0.166. The number of aliphatic hydroxyl groups is 6. The van der Waals surface area contributed by atoms with E-state index in [-0.39, 0.29) is 0 Å². The molecular weight excluding hydrogens is 384 g/mol. The van der Waals surface area contributed by atoms with Gasteiger partial charge in [-0.3, -0.25) is 14.4 Å². The molecule has 0 spiro atoms. The molecule has 1 aliphatic heterocycles. The monoisotopic (exact) mass is 410 g/mol. The standard InChI is InChI=1S/C15H26N2O11/c18-4-3-15(6-19,17-8(20)1-2-9(21)22)14(27)16-5-7-10(23)11(24)12(25)13(26)28-7/h7,10-13,18-19,23-26H,1-6H2,(H,16,27)(H,17,20)(H,21,22)/t7-,10+,11+,12-,13+,15-/m0/s1. The van der Waals surface area contributed by atoms with Crippen LogP contribution >= 0.6 is 0 Å². The third-order valence-corrected chi connectivity index (χ3v) is 4.34. The van der Waals surface area contributed by atoms with Gasteiger partial charge in [0, 0.05) is 26.0 Å². The second kappa shape index (κ2) is 10.6. The first kappa shape index (κ1) is 24.2. The molecule has 9 N–H and O–H groups in total. The Hall–Kier alpha value is -1.87. The molecule has 1 aliphatic rings. The maximum Gasteiger partial charge on any atom is 0.303 e. The molecule has 0 aromatic carbocycles. The Morgan fingerprint density at radius 3 is 2.14 bits per heavy atom. The van der Waals surface area contributed by atoms with E-state index < -0.39 is 93.0 Å². The van der Waals surface area contributed by atoms with Gasteiger partial charge in [0.2, 0.25) is 11.8 Å². The number of nitrogens with one attached hydrogen (secondary N) is 2. The van der Waals surface area contributed by atoms with E-state index in [0.717, 1.165) is 0 Å². The number of aliphatic hydroxyl groups excluding tert-OH is 6. The van der Waals surface area contributed by atoms with E-state index in [4.69, 9.17) is 9.84 Å². The summed E-state index contributed by atoms with van der Waals surface area (Å²) < 4.78 is 4.90. The lowest BCUT2D eigenvalue weighted by Crippen LogP contribution is -2.64. The Labute approximate surface area is 159 Å². The van der Waals surface area contributed by atoms with E-state index in [2.05, 4.69) is 10.6 Å². The second-order valence-corrected chi connectivity index (χ2v) is 6.40. The summed E-state index contributed by atoms with van der Waals surface area (Å²) in [5.74, 6) is -3.05. The molecule has 1 heterocycles. The molecule has 0 saturated carbocycles. The van der Waals surface area contributed by atoms with E-state index in [1.54, 1.807) is 0 Å². The van der Waals surface area contributed by atoms with Crippen LogP contribution < -0.4 is 10.6 Å². The van der Waals surface area contributed by atoms with Crippen LogP contribution in [0.1, 0.15) is 19.3 Å². The first-order valence-electron chi connectivity index (χ1n) is 8.48. The summed E-state index contributed by atoms with van der Waals surface area (Å²) in [5, 5.41) is 70.2. The summed E-state index contributed by atoms with van der Waals surface area (Å²) in [4.78, 5) is 34.9. The summed E-state index contributed by atoms with van der Waals surface area (Å²) in [5.41, 5.74) is -1.97. The minimum atomic E-state index is -1.97.